The van der Waals surface area contributed by atoms with Crippen LogP contribution in [0.4, 0.5) is 5.69 Å². The van der Waals surface area contributed by atoms with Gasteiger partial charge < -0.3 is 5.73 Å². The summed E-state index contributed by atoms with van der Waals surface area (Å²) in [7, 11) is -2.13. The van der Waals surface area contributed by atoms with Gasteiger partial charge in [-0.1, -0.05) is 42.5 Å². The molecule has 0 aliphatic carbocycles. The SMILES string of the molecule is Cn1c(Cc2ccc(C(=N)N)cc2)nc2ccc(NS(=O)(=O)c3ccccc3)cc2c1=O. The van der Waals surface area contributed by atoms with E-state index in [-0.39, 0.29) is 22.0 Å². The molecule has 0 spiro atoms. The van der Waals surface area contributed by atoms with Gasteiger partial charge in [0.05, 0.1) is 15.8 Å². The molecular weight excluding hydrogens is 426 g/mol. The molecule has 3 aromatic carbocycles. The molecule has 162 valence electrons. The molecule has 4 rings (SSSR count). The Morgan fingerprint density at radius 1 is 1.06 bits per heavy atom. The van der Waals surface area contributed by atoms with Crippen molar-refractivity contribution in [1.29, 1.82) is 5.41 Å². The van der Waals surface area contributed by atoms with Gasteiger partial charge in [0.2, 0.25) is 0 Å². The number of nitrogen functional groups attached to an aromatic ring is 1. The molecule has 1 aromatic heterocycles. The van der Waals surface area contributed by atoms with Crippen LogP contribution in [0.3, 0.4) is 0 Å². The van der Waals surface area contributed by atoms with E-state index in [0.29, 0.717) is 28.7 Å². The molecule has 0 atom stereocenters. The summed E-state index contributed by atoms with van der Waals surface area (Å²) in [6.07, 6.45) is 0.419. The fourth-order valence-corrected chi connectivity index (χ4v) is 4.41. The van der Waals surface area contributed by atoms with Crippen molar-refractivity contribution in [3.05, 3.63) is 100 Å². The minimum atomic E-state index is -3.77. The van der Waals surface area contributed by atoms with Crippen LogP contribution in [-0.4, -0.2) is 23.8 Å². The van der Waals surface area contributed by atoms with E-state index < -0.39 is 10.0 Å². The van der Waals surface area contributed by atoms with Gasteiger partial charge in [0, 0.05) is 24.7 Å². The summed E-state index contributed by atoms with van der Waals surface area (Å²) in [4.78, 5) is 17.7. The van der Waals surface area contributed by atoms with Gasteiger partial charge in [0.15, 0.2) is 0 Å². The molecule has 0 unspecified atom stereocenters. The van der Waals surface area contributed by atoms with Gasteiger partial charge in [0.1, 0.15) is 11.7 Å². The number of aromatic nitrogens is 2. The first-order chi connectivity index (χ1) is 15.2. The fraction of sp³-hybridized carbons (Fsp3) is 0.0870. The molecule has 4 N–H and O–H groups in total. The average Bonchev–Trinajstić information content (AvgIpc) is 2.78. The third kappa shape index (κ3) is 4.23. The maximum absolute atomic E-state index is 13.0. The van der Waals surface area contributed by atoms with Gasteiger partial charge in [-0.05, 0) is 35.9 Å². The summed E-state index contributed by atoms with van der Waals surface area (Å²) in [5, 5.41) is 7.79. The Bertz CT molecular complexity index is 1480. The molecule has 0 amide bonds. The number of nitrogens with one attached hydrogen (secondary N) is 2. The van der Waals surface area contributed by atoms with E-state index in [0.717, 1.165) is 5.56 Å². The Labute approximate surface area is 184 Å². The lowest BCUT2D eigenvalue weighted by Crippen LogP contribution is -2.23. The van der Waals surface area contributed by atoms with Gasteiger partial charge in [-0.15, -0.1) is 0 Å². The number of nitrogens with zero attached hydrogens (tertiary/aromatic N) is 2. The summed E-state index contributed by atoms with van der Waals surface area (Å²) in [5.41, 5.74) is 7.52. The highest BCUT2D eigenvalue weighted by Gasteiger charge is 2.15. The number of sulfonamides is 1. The number of hydrogen-bond donors (Lipinski definition) is 3. The molecule has 4 aromatic rings. The van der Waals surface area contributed by atoms with Crippen molar-refractivity contribution in [3.63, 3.8) is 0 Å². The van der Waals surface area contributed by atoms with Crippen LogP contribution in [0.5, 0.6) is 0 Å². The zero-order valence-corrected chi connectivity index (χ0v) is 18.1. The zero-order chi connectivity index (χ0) is 22.9. The van der Waals surface area contributed by atoms with E-state index in [1.54, 1.807) is 49.5 Å². The lowest BCUT2D eigenvalue weighted by molar-refractivity contribution is 0.601. The Kier molecular flexibility index (Phi) is 5.50. The predicted octanol–water partition coefficient (Wildman–Crippen LogP) is 2.61. The van der Waals surface area contributed by atoms with Crippen LogP contribution in [-0.2, 0) is 23.5 Å². The normalized spacial score (nSPS) is 11.4. The first kappa shape index (κ1) is 21.3. The van der Waals surface area contributed by atoms with Crippen LogP contribution in [0.2, 0.25) is 0 Å². The van der Waals surface area contributed by atoms with E-state index in [2.05, 4.69) is 9.71 Å². The van der Waals surface area contributed by atoms with Gasteiger partial charge >= 0.3 is 0 Å². The number of hydrogen-bond acceptors (Lipinski definition) is 5. The Morgan fingerprint density at radius 3 is 2.41 bits per heavy atom. The zero-order valence-electron chi connectivity index (χ0n) is 17.2. The topological polar surface area (TPSA) is 131 Å². The van der Waals surface area contributed by atoms with E-state index in [1.807, 2.05) is 12.1 Å². The molecule has 32 heavy (non-hydrogen) atoms. The number of anilines is 1. The number of amidine groups is 1. The molecular formula is C23H21N5O3S. The Morgan fingerprint density at radius 2 is 1.75 bits per heavy atom. The Balaban J connectivity index is 1.66. The van der Waals surface area contributed by atoms with Gasteiger partial charge in [-0.3, -0.25) is 19.5 Å². The average molecular weight is 448 g/mol. The summed E-state index contributed by atoms with van der Waals surface area (Å²) >= 11 is 0. The van der Waals surface area contributed by atoms with E-state index in [1.165, 1.54) is 22.8 Å². The predicted molar refractivity (Wildman–Crippen MR) is 124 cm³/mol. The van der Waals surface area contributed by atoms with E-state index in [9.17, 15) is 13.2 Å². The van der Waals surface area contributed by atoms with Gasteiger partial charge in [-0.2, -0.15) is 0 Å². The molecule has 1 heterocycles. The number of nitrogens with two attached hydrogens (primary N) is 1. The van der Waals surface area contributed by atoms with Crippen LogP contribution in [0.25, 0.3) is 10.9 Å². The van der Waals surface area contributed by atoms with Crippen LogP contribution in [0.15, 0.2) is 82.5 Å². The van der Waals surface area contributed by atoms with Crippen LogP contribution in [0.1, 0.15) is 17.0 Å². The first-order valence-electron chi connectivity index (χ1n) is 9.75. The largest absolute Gasteiger partial charge is 0.384 e. The molecule has 8 nitrogen and oxygen atoms in total. The second kappa shape index (κ2) is 8.27. The summed E-state index contributed by atoms with van der Waals surface area (Å²) < 4.78 is 29.1. The third-order valence-corrected chi connectivity index (χ3v) is 6.50. The molecule has 0 aliphatic heterocycles. The summed E-state index contributed by atoms with van der Waals surface area (Å²) in [6.45, 7) is 0. The van der Waals surface area contributed by atoms with Crippen LogP contribution < -0.4 is 16.0 Å². The van der Waals surface area contributed by atoms with E-state index in [4.69, 9.17) is 11.1 Å². The number of rotatable bonds is 6. The minimum absolute atomic E-state index is 0.00790. The molecule has 0 aliphatic rings. The second-order valence-corrected chi connectivity index (χ2v) is 9.01. The third-order valence-electron chi connectivity index (χ3n) is 5.10. The fourth-order valence-electron chi connectivity index (χ4n) is 3.34. The van der Waals surface area contributed by atoms with Crippen LogP contribution >= 0.6 is 0 Å². The molecule has 0 saturated carbocycles. The second-order valence-electron chi connectivity index (χ2n) is 7.33. The van der Waals surface area contributed by atoms with Crippen LogP contribution in [0, 0.1) is 5.41 Å². The highest BCUT2D eigenvalue weighted by molar-refractivity contribution is 7.92. The van der Waals surface area contributed by atoms with Crippen molar-refractivity contribution in [2.24, 2.45) is 12.8 Å². The standard InChI is InChI=1S/C23H21N5O3S/c1-28-21(13-15-7-9-16(10-8-15)22(24)25)26-20-12-11-17(14-19(20)23(28)29)27-32(30,31)18-5-3-2-4-6-18/h2-12,14,27H,13H2,1H3,(H3,24,25). The Hall–Kier alpha value is -3.98. The highest BCUT2D eigenvalue weighted by atomic mass is 32.2. The highest BCUT2D eigenvalue weighted by Crippen LogP contribution is 2.20. The van der Waals surface area contributed by atoms with Crippen molar-refractivity contribution < 1.29 is 8.42 Å². The van der Waals surface area contributed by atoms with Gasteiger partial charge in [0.25, 0.3) is 15.6 Å². The van der Waals surface area contributed by atoms with E-state index >= 15 is 0 Å². The number of benzene rings is 3. The van der Waals surface area contributed by atoms with Crippen molar-refractivity contribution in [2.75, 3.05) is 4.72 Å². The van der Waals surface area contributed by atoms with Crippen molar-refractivity contribution in [1.82, 2.24) is 9.55 Å². The first-order valence-corrected chi connectivity index (χ1v) is 11.2. The quantitative estimate of drug-likeness (QED) is 0.309. The molecule has 0 bridgehead atoms. The maximum atomic E-state index is 13.0. The monoisotopic (exact) mass is 447 g/mol. The minimum Gasteiger partial charge on any atom is -0.384 e. The maximum Gasteiger partial charge on any atom is 0.261 e. The molecule has 0 fully saturated rings. The lowest BCUT2D eigenvalue weighted by atomic mass is 10.1. The van der Waals surface area contributed by atoms with Gasteiger partial charge in [-0.25, -0.2) is 13.4 Å². The molecule has 0 radical (unpaired) electrons. The van der Waals surface area contributed by atoms with Crippen molar-refractivity contribution in [3.8, 4) is 0 Å². The molecule has 9 heteroatoms. The number of fused-ring (bicyclic) bond motifs is 1. The smallest absolute Gasteiger partial charge is 0.261 e. The lowest BCUT2D eigenvalue weighted by Gasteiger charge is -2.12. The molecule has 0 saturated heterocycles. The van der Waals surface area contributed by atoms with Crippen molar-refractivity contribution >= 4 is 32.4 Å². The summed E-state index contributed by atoms with van der Waals surface area (Å²) in [5.74, 6) is 0.558. The van der Waals surface area contributed by atoms with Crippen molar-refractivity contribution in [2.45, 2.75) is 11.3 Å². The summed E-state index contributed by atoms with van der Waals surface area (Å²) in [6, 6.07) is 19.9.